The van der Waals surface area contributed by atoms with Crippen molar-refractivity contribution in [1.82, 2.24) is 15.0 Å². The van der Waals surface area contributed by atoms with Crippen LogP contribution in [-0.2, 0) is 22.1 Å². The van der Waals surface area contributed by atoms with Gasteiger partial charge >= 0.3 is 6.18 Å². The number of H-pyrrole nitrogens is 1. The second-order valence-electron chi connectivity index (χ2n) is 9.12. The third-order valence-electron chi connectivity index (χ3n) is 5.54. The quantitative estimate of drug-likeness (QED) is 0.364. The van der Waals surface area contributed by atoms with Gasteiger partial charge in [0.25, 0.3) is 5.56 Å². The molecule has 0 saturated carbocycles. The van der Waals surface area contributed by atoms with Crippen LogP contribution in [0.5, 0.6) is 5.75 Å². The van der Waals surface area contributed by atoms with Crippen LogP contribution in [0.1, 0.15) is 38.3 Å². The molecule has 0 bridgehead atoms. The molecule has 0 fully saturated rings. The highest BCUT2D eigenvalue weighted by Crippen LogP contribution is 2.37. The predicted octanol–water partition coefficient (Wildman–Crippen LogP) is 4.38. The number of nitrogens with one attached hydrogen (secondary N) is 1. The first kappa shape index (κ1) is 27.9. The number of hydrogen-bond donors (Lipinski definition) is 2. The van der Waals surface area contributed by atoms with E-state index in [0.29, 0.717) is 31.1 Å². The first-order valence-corrected chi connectivity index (χ1v) is 11.7. The zero-order valence-electron chi connectivity index (χ0n) is 20.8. The van der Waals surface area contributed by atoms with Crippen molar-refractivity contribution in [3.63, 3.8) is 0 Å². The fourth-order valence-electron chi connectivity index (χ4n) is 3.54. The molecule has 0 aliphatic carbocycles. The summed E-state index contributed by atoms with van der Waals surface area (Å²) in [6.07, 6.45) is -2.27. The van der Waals surface area contributed by atoms with Crippen LogP contribution in [0.2, 0.25) is 0 Å². The third kappa shape index (κ3) is 7.39. The number of carbonyl (C=O) groups excluding carboxylic acids is 1. The summed E-state index contributed by atoms with van der Waals surface area (Å²) in [4.78, 5) is 35.1. The summed E-state index contributed by atoms with van der Waals surface area (Å²) in [5.74, 6) is -0.392. The molecule has 3 aromatic rings. The van der Waals surface area contributed by atoms with E-state index in [1.807, 2.05) is 6.92 Å². The number of halogens is 3. The molecule has 0 unspecified atom stereocenters. The smallest absolute Gasteiger partial charge is 0.417 e. The second-order valence-corrected chi connectivity index (χ2v) is 9.12. The number of ether oxygens (including phenoxy) is 2. The van der Waals surface area contributed by atoms with Crippen molar-refractivity contribution in [2.45, 2.75) is 39.8 Å². The van der Waals surface area contributed by atoms with Crippen molar-refractivity contribution >= 4 is 5.91 Å². The number of primary amides is 1. The molecule has 0 aliphatic heterocycles. The first-order chi connectivity index (χ1) is 17.4. The van der Waals surface area contributed by atoms with Gasteiger partial charge in [0, 0.05) is 23.7 Å². The Morgan fingerprint density at radius 2 is 1.81 bits per heavy atom. The highest BCUT2D eigenvalue weighted by Gasteiger charge is 2.35. The molecule has 0 saturated heterocycles. The first-order valence-electron chi connectivity index (χ1n) is 11.7. The number of nitrogens with zero attached hydrogens (tertiary/aromatic N) is 2. The summed E-state index contributed by atoms with van der Waals surface area (Å²) in [5, 5.41) is 0. The molecule has 37 heavy (non-hydrogen) atoms. The van der Waals surface area contributed by atoms with Crippen molar-refractivity contribution in [1.29, 1.82) is 0 Å². The van der Waals surface area contributed by atoms with Gasteiger partial charge in [0.05, 0.1) is 29.8 Å². The molecule has 0 aliphatic rings. The van der Waals surface area contributed by atoms with E-state index in [4.69, 9.17) is 15.2 Å². The zero-order valence-corrected chi connectivity index (χ0v) is 20.8. The highest BCUT2D eigenvalue weighted by molar-refractivity contribution is 5.80. The van der Waals surface area contributed by atoms with E-state index in [9.17, 15) is 22.8 Å². The summed E-state index contributed by atoms with van der Waals surface area (Å²) in [7, 11) is 0. The van der Waals surface area contributed by atoms with Gasteiger partial charge < -0.3 is 20.2 Å². The molecule has 2 aromatic heterocycles. The van der Waals surface area contributed by atoms with Gasteiger partial charge in [-0.2, -0.15) is 13.2 Å². The van der Waals surface area contributed by atoms with E-state index in [0.717, 1.165) is 18.6 Å². The van der Waals surface area contributed by atoms with Crippen molar-refractivity contribution in [2.24, 2.45) is 11.1 Å². The largest absolute Gasteiger partial charge is 0.490 e. The molecule has 11 heteroatoms. The number of alkyl halides is 3. The maximum Gasteiger partial charge on any atom is 0.417 e. The van der Waals surface area contributed by atoms with Gasteiger partial charge in [-0.1, -0.05) is 26.8 Å². The molecule has 3 N–H and O–H groups in total. The molecule has 1 amide bonds. The fraction of sp³-hybridized carbons (Fsp3) is 0.385. The number of nitrogens with two attached hydrogens (primary N) is 1. The van der Waals surface area contributed by atoms with Crippen molar-refractivity contribution in [2.75, 3.05) is 19.8 Å². The van der Waals surface area contributed by atoms with E-state index in [-0.39, 0.29) is 29.2 Å². The molecule has 198 valence electrons. The van der Waals surface area contributed by atoms with Crippen LogP contribution < -0.4 is 16.0 Å². The van der Waals surface area contributed by atoms with Crippen LogP contribution in [-0.4, -0.2) is 40.7 Å². The summed E-state index contributed by atoms with van der Waals surface area (Å²) in [6, 6.07) is 7.79. The normalized spacial score (nSPS) is 11.9. The van der Waals surface area contributed by atoms with Gasteiger partial charge in [-0.15, -0.1) is 0 Å². The van der Waals surface area contributed by atoms with E-state index in [1.54, 1.807) is 26.0 Å². The van der Waals surface area contributed by atoms with Gasteiger partial charge in [-0.25, -0.2) is 4.98 Å². The average Bonchev–Trinajstić information content (AvgIpc) is 2.83. The molecule has 3 rings (SSSR count). The number of aromatic amines is 1. The maximum atomic E-state index is 13.8. The maximum absolute atomic E-state index is 13.8. The minimum absolute atomic E-state index is 0.0903. The Hall–Kier alpha value is -3.73. The minimum atomic E-state index is -4.71. The molecular weight excluding hydrogens is 489 g/mol. The van der Waals surface area contributed by atoms with Crippen LogP contribution in [0.3, 0.4) is 0 Å². The highest BCUT2D eigenvalue weighted by atomic mass is 19.4. The Labute approximate surface area is 212 Å². The molecule has 8 nitrogen and oxygen atoms in total. The Morgan fingerprint density at radius 1 is 1.05 bits per heavy atom. The topological polar surface area (TPSA) is 120 Å². The zero-order chi connectivity index (χ0) is 27.2. The fourth-order valence-corrected chi connectivity index (χ4v) is 3.54. The average molecular weight is 519 g/mol. The van der Waals surface area contributed by atoms with E-state index in [1.165, 1.54) is 18.3 Å². The van der Waals surface area contributed by atoms with Gasteiger partial charge in [0.15, 0.2) is 0 Å². The Morgan fingerprint density at radius 3 is 2.43 bits per heavy atom. The molecule has 2 heterocycles. The number of pyridine rings is 1. The number of carbonyl (C=O) groups is 1. The third-order valence-corrected chi connectivity index (χ3v) is 5.54. The number of rotatable bonds is 11. The summed E-state index contributed by atoms with van der Waals surface area (Å²) >= 11 is 0. The predicted molar refractivity (Wildman–Crippen MR) is 132 cm³/mol. The molecule has 0 atom stereocenters. The van der Waals surface area contributed by atoms with E-state index >= 15 is 0 Å². The molecule has 0 spiro atoms. The lowest BCUT2D eigenvalue weighted by Gasteiger charge is -2.21. The minimum Gasteiger partial charge on any atom is -0.490 e. The van der Waals surface area contributed by atoms with Crippen LogP contribution in [0, 0.1) is 5.41 Å². The van der Waals surface area contributed by atoms with Gasteiger partial charge in [-0.3, -0.25) is 14.6 Å². The lowest BCUT2D eigenvalue weighted by atomic mass is 9.84. The van der Waals surface area contributed by atoms with Crippen molar-refractivity contribution in [3.8, 4) is 28.5 Å². The van der Waals surface area contributed by atoms with Crippen molar-refractivity contribution < 1.29 is 27.4 Å². The van der Waals surface area contributed by atoms with Crippen LogP contribution >= 0.6 is 0 Å². The number of amides is 1. The van der Waals surface area contributed by atoms with Gasteiger partial charge in [0.2, 0.25) is 5.91 Å². The second kappa shape index (κ2) is 11.5. The lowest BCUT2D eigenvalue weighted by molar-refractivity contribution is -0.137. The molecule has 0 radical (unpaired) electrons. The van der Waals surface area contributed by atoms with E-state index in [2.05, 4.69) is 15.0 Å². The Balaban J connectivity index is 1.95. The summed E-state index contributed by atoms with van der Waals surface area (Å²) < 4.78 is 52.4. The lowest BCUT2D eigenvalue weighted by Crippen LogP contribution is -2.33. The van der Waals surface area contributed by atoms with E-state index < -0.39 is 28.6 Å². The van der Waals surface area contributed by atoms with Gasteiger partial charge in [0.1, 0.15) is 18.2 Å². The summed E-state index contributed by atoms with van der Waals surface area (Å²) in [6.45, 7) is 6.60. The standard InChI is InChI=1S/C26H29F3N4O4/c1-4-9-36-10-11-37-17-6-8-20(31-15-17)21-13-22(34)33-23(32-21)18-12-16(14-25(2,3)24(30)35)5-7-19(18)26(27,28)29/h5-8,12-13,15H,4,9-11,14H2,1-3H3,(H2,30,35)(H,32,33,34). The number of hydrogen-bond acceptors (Lipinski definition) is 6. The molecule has 1 aromatic carbocycles. The number of benzene rings is 1. The monoisotopic (exact) mass is 518 g/mol. The molecular formula is C26H29F3N4O4. The summed E-state index contributed by atoms with van der Waals surface area (Å²) in [5.41, 5.74) is 3.29. The van der Waals surface area contributed by atoms with Gasteiger partial charge in [-0.05, 0) is 42.7 Å². The van der Waals surface area contributed by atoms with Crippen LogP contribution in [0.25, 0.3) is 22.8 Å². The van der Waals surface area contributed by atoms with Crippen LogP contribution in [0.15, 0.2) is 47.4 Å². The Kier molecular flexibility index (Phi) is 8.69. The van der Waals surface area contributed by atoms with Crippen LogP contribution in [0.4, 0.5) is 13.2 Å². The Bertz CT molecular complexity index is 1290. The van der Waals surface area contributed by atoms with Crippen molar-refractivity contribution in [3.05, 3.63) is 64.1 Å². The number of aromatic nitrogens is 3. The SMILES string of the molecule is CCCOCCOc1ccc(-c2cc(=O)[nH]c(-c3cc(CC(C)(C)C(N)=O)ccc3C(F)(F)F)n2)nc1.